The highest BCUT2D eigenvalue weighted by molar-refractivity contribution is 4.89. The van der Waals surface area contributed by atoms with Crippen molar-refractivity contribution in [3.05, 3.63) is 0 Å². The lowest BCUT2D eigenvalue weighted by Crippen LogP contribution is -2.48. The van der Waals surface area contributed by atoms with Gasteiger partial charge in [0.15, 0.2) is 0 Å². The Kier molecular flexibility index (Phi) is 3.10. The number of nitrogens with zero attached hydrogens (tertiary/aromatic N) is 1. The van der Waals surface area contributed by atoms with Gasteiger partial charge >= 0.3 is 0 Å². The minimum atomic E-state index is 0.273. The zero-order chi connectivity index (χ0) is 10.1. The van der Waals surface area contributed by atoms with Crippen LogP contribution < -0.4 is 5.32 Å². The molecule has 0 bridgehead atoms. The van der Waals surface area contributed by atoms with Crippen LogP contribution in [0.3, 0.4) is 0 Å². The largest absolute Gasteiger partial charge is 0.360 e. The third-order valence-corrected chi connectivity index (χ3v) is 3.33. The monoisotopic (exact) mass is 198 g/mol. The van der Waals surface area contributed by atoms with Crippen LogP contribution in [-0.2, 0) is 4.74 Å². The van der Waals surface area contributed by atoms with Crippen LogP contribution in [0, 0.1) is 0 Å². The van der Waals surface area contributed by atoms with E-state index in [0.717, 1.165) is 6.61 Å². The topological polar surface area (TPSA) is 24.5 Å². The van der Waals surface area contributed by atoms with E-state index in [-0.39, 0.29) is 6.23 Å². The summed E-state index contributed by atoms with van der Waals surface area (Å²) in [6.07, 6.45) is 2.87. The molecule has 3 nitrogen and oxygen atoms in total. The van der Waals surface area contributed by atoms with Crippen LogP contribution in [0.2, 0.25) is 0 Å². The summed E-state index contributed by atoms with van der Waals surface area (Å²) in [5.41, 5.74) is 0. The van der Waals surface area contributed by atoms with Gasteiger partial charge in [-0.3, -0.25) is 10.2 Å². The first-order valence-corrected chi connectivity index (χ1v) is 5.82. The fraction of sp³-hybridized carbons (Fsp3) is 1.00. The van der Waals surface area contributed by atoms with E-state index in [1.165, 1.54) is 19.4 Å². The van der Waals surface area contributed by atoms with E-state index < -0.39 is 0 Å². The third kappa shape index (κ3) is 1.95. The van der Waals surface area contributed by atoms with Gasteiger partial charge in [0.1, 0.15) is 6.23 Å². The lowest BCUT2D eigenvalue weighted by Gasteiger charge is -2.31. The maximum absolute atomic E-state index is 5.78. The molecule has 2 rings (SSSR count). The number of rotatable bonds is 2. The molecule has 0 spiro atoms. The molecule has 0 aliphatic carbocycles. The van der Waals surface area contributed by atoms with Crippen LogP contribution in [-0.4, -0.2) is 42.4 Å². The van der Waals surface area contributed by atoms with Crippen LogP contribution in [0.1, 0.15) is 33.6 Å². The molecule has 0 radical (unpaired) electrons. The van der Waals surface area contributed by atoms with E-state index in [9.17, 15) is 0 Å². The number of hydrogen-bond donors (Lipinski definition) is 1. The highest BCUT2D eigenvalue weighted by Gasteiger charge is 2.36. The third-order valence-electron chi connectivity index (χ3n) is 3.33. The summed E-state index contributed by atoms with van der Waals surface area (Å²) in [7, 11) is 0. The van der Waals surface area contributed by atoms with Gasteiger partial charge in [-0.05, 0) is 40.2 Å². The predicted octanol–water partition coefficient (Wildman–Crippen LogP) is 1.19. The van der Waals surface area contributed by atoms with E-state index in [2.05, 4.69) is 31.0 Å². The van der Waals surface area contributed by atoms with Crippen molar-refractivity contribution in [3.63, 3.8) is 0 Å². The summed E-state index contributed by atoms with van der Waals surface area (Å²) in [6.45, 7) is 8.84. The normalized spacial score (nSPS) is 39.9. The van der Waals surface area contributed by atoms with E-state index >= 15 is 0 Å². The Balaban J connectivity index is 1.96. The molecule has 14 heavy (non-hydrogen) atoms. The summed E-state index contributed by atoms with van der Waals surface area (Å²) in [6, 6.07) is 1.76. The molecule has 2 fully saturated rings. The molecule has 0 saturated carbocycles. The van der Waals surface area contributed by atoms with Gasteiger partial charge in [-0.1, -0.05) is 0 Å². The first-order valence-electron chi connectivity index (χ1n) is 5.82. The van der Waals surface area contributed by atoms with Crippen LogP contribution in [0.5, 0.6) is 0 Å². The number of hydrogen-bond acceptors (Lipinski definition) is 3. The van der Waals surface area contributed by atoms with Gasteiger partial charge in [0.05, 0.1) is 6.61 Å². The molecule has 0 aromatic carbocycles. The minimum Gasteiger partial charge on any atom is -0.360 e. The second kappa shape index (κ2) is 4.17. The highest BCUT2D eigenvalue weighted by atomic mass is 16.5. The summed E-state index contributed by atoms with van der Waals surface area (Å²) in [4.78, 5) is 2.57. The smallest absolute Gasteiger partial charge is 0.124 e. The predicted molar refractivity (Wildman–Crippen MR) is 57.2 cm³/mol. The molecule has 3 heteroatoms. The van der Waals surface area contributed by atoms with Gasteiger partial charge in [-0.25, -0.2) is 0 Å². The SMILES string of the molecule is CC1COC(C2CCCN2C(C)C)N1. The van der Waals surface area contributed by atoms with Gasteiger partial charge in [0.25, 0.3) is 0 Å². The fourth-order valence-corrected chi connectivity index (χ4v) is 2.63. The second-order valence-electron chi connectivity index (χ2n) is 4.86. The maximum atomic E-state index is 5.78. The quantitative estimate of drug-likeness (QED) is 0.721. The molecule has 2 heterocycles. The van der Waals surface area contributed by atoms with Gasteiger partial charge < -0.3 is 4.74 Å². The standard InChI is InChI=1S/C11H22N2O/c1-8(2)13-6-4-5-10(13)11-12-9(3)7-14-11/h8-12H,4-7H2,1-3H3. The zero-order valence-electron chi connectivity index (χ0n) is 9.49. The average molecular weight is 198 g/mol. The Morgan fingerprint density at radius 1 is 1.43 bits per heavy atom. The van der Waals surface area contributed by atoms with Crippen molar-refractivity contribution in [2.45, 2.75) is 58.0 Å². The maximum Gasteiger partial charge on any atom is 0.124 e. The van der Waals surface area contributed by atoms with Crippen LogP contribution in [0.25, 0.3) is 0 Å². The van der Waals surface area contributed by atoms with Crippen molar-refractivity contribution < 1.29 is 4.74 Å². The molecule has 82 valence electrons. The molecular formula is C11H22N2O. The molecule has 0 amide bonds. The molecular weight excluding hydrogens is 176 g/mol. The van der Waals surface area contributed by atoms with E-state index in [4.69, 9.17) is 4.74 Å². The summed E-state index contributed by atoms with van der Waals surface area (Å²) >= 11 is 0. The number of ether oxygens (including phenoxy) is 1. The summed E-state index contributed by atoms with van der Waals surface area (Å²) in [5, 5.41) is 3.52. The van der Waals surface area contributed by atoms with Crippen molar-refractivity contribution >= 4 is 0 Å². The van der Waals surface area contributed by atoms with Gasteiger partial charge in [0.2, 0.25) is 0 Å². The van der Waals surface area contributed by atoms with Gasteiger partial charge in [-0.15, -0.1) is 0 Å². The second-order valence-corrected chi connectivity index (χ2v) is 4.86. The van der Waals surface area contributed by atoms with Crippen molar-refractivity contribution in [2.24, 2.45) is 0 Å². The van der Waals surface area contributed by atoms with Crippen molar-refractivity contribution in [1.29, 1.82) is 0 Å². The highest BCUT2D eigenvalue weighted by Crippen LogP contribution is 2.25. The van der Waals surface area contributed by atoms with Gasteiger partial charge in [0, 0.05) is 18.1 Å². The van der Waals surface area contributed by atoms with E-state index in [1.54, 1.807) is 0 Å². The Morgan fingerprint density at radius 2 is 2.21 bits per heavy atom. The van der Waals surface area contributed by atoms with E-state index in [1.807, 2.05) is 0 Å². The fourth-order valence-electron chi connectivity index (χ4n) is 2.63. The summed E-state index contributed by atoms with van der Waals surface area (Å²) < 4.78 is 5.78. The molecule has 0 aromatic rings. The summed E-state index contributed by atoms with van der Waals surface area (Å²) in [5.74, 6) is 0. The molecule has 0 aromatic heterocycles. The molecule has 2 aliphatic rings. The Hall–Kier alpha value is -0.120. The molecule has 1 N–H and O–H groups in total. The van der Waals surface area contributed by atoms with Crippen LogP contribution in [0.4, 0.5) is 0 Å². The first kappa shape index (κ1) is 10.4. The molecule has 3 unspecified atom stereocenters. The first-order chi connectivity index (χ1) is 6.68. The lowest BCUT2D eigenvalue weighted by molar-refractivity contribution is 0.0212. The Labute approximate surface area is 86.8 Å². The Morgan fingerprint density at radius 3 is 2.79 bits per heavy atom. The van der Waals surface area contributed by atoms with E-state index in [0.29, 0.717) is 18.1 Å². The van der Waals surface area contributed by atoms with Crippen molar-refractivity contribution in [3.8, 4) is 0 Å². The minimum absolute atomic E-state index is 0.273. The molecule has 2 saturated heterocycles. The molecule has 2 aliphatic heterocycles. The zero-order valence-corrected chi connectivity index (χ0v) is 9.49. The van der Waals surface area contributed by atoms with Crippen molar-refractivity contribution in [2.75, 3.05) is 13.2 Å². The van der Waals surface area contributed by atoms with Crippen LogP contribution in [0.15, 0.2) is 0 Å². The lowest BCUT2D eigenvalue weighted by atomic mass is 10.1. The Bertz CT molecular complexity index is 196. The van der Waals surface area contributed by atoms with Crippen LogP contribution >= 0.6 is 0 Å². The number of likely N-dealkylation sites (tertiary alicyclic amines) is 1. The molecule has 3 atom stereocenters. The van der Waals surface area contributed by atoms with Crippen molar-refractivity contribution in [1.82, 2.24) is 10.2 Å². The number of nitrogens with one attached hydrogen (secondary N) is 1. The average Bonchev–Trinajstić information content (AvgIpc) is 2.70. The van der Waals surface area contributed by atoms with Gasteiger partial charge in [-0.2, -0.15) is 0 Å².